The summed E-state index contributed by atoms with van der Waals surface area (Å²) in [4.78, 5) is 34.8. The molecule has 0 aromatic heterocycles. The third-order valence-electron chi connectivity index (χ3n) is 6.79. The van der Waals surface area contributed by atoms with E-state index in [9.17, 15) is 9.59 Å². The first kappa shape index (κ1) is 28.1. The van der Waals surface area contributed by atoms with Crippen molar-refractivity contribution in [3.05, 3.63) is 47.5 Å². The number of methoxy groups -OCH3 is 1. The summed E-state index contributed by atoms with van der Waals surface area (Å²) < 4.78 is 10.7. The Bertz CT molecular complexity index is 1160. The summed E-state index contributed by atoms with van der Waals surface area (Å²) in [5, 5.41) is 3.64. The van der Waals surface area contributed by atoms with Crippen molar-refractivity contribution in [1.29, 1.82) is 0 Å². The quantitative estimate of drug-likeness (QED) is 0.444. The minimum atomic E-state index is -0.724. The molecule has 2 aliphatic rings. The molecule has 1 atom stereocenters. The standard InChI is InChI=1S/C27H34ClN5O4S/c1-4-37-21-8-5-19(6-9-21)29-25(34)18-23-26(35)33(20-7-10-24(36-3)22(28)17-20)27(38)32(23)16-15-31-13-11-30(2)12-14-31/h5-10,17,23H,4,11-16,18H2,1-3H3,(H,29,34). The van der Waals surface area contributed by atoms with Gasteiger partial charge in [-0.1, -0.05) is 11.6 Å². The molecule has 2 aliphatic heterocycles. The lowest BCUT2D eigenvalue weighted by Crippen LogP contribution is -2.48. The number of benzene rings is 2. The predicted octanol–water partition coefficient (Wildman–Crippen LogP) is 3.33. The molecule has 204 valence electrons. The lowest BCUT2D eigenvalue weighted by atomic mass is 10.1. The molecule has 0 aliphatic carbocycles. The first-order valence-corrected chi connectivity index (χ1v) is 13.5. The smallest absolute Gasteiger partial charge is 0.256 e. The highest BCUT2D eigenvalue weighted by molar-refractivity contribution is 7.80. The fraction of sp³-hybridized carbons (Fsp3) is 0.444. The van der Waals surface area contributed by atoms with Gasteiger partial charge in [-0.2, -0.15) is 0 Å². The van der Waals surface area contributed by atoms with Crippen LogP contribution in [0.15, 0.2) is 42.5 Å². The molecule has 2 amide bonds. The number of likely N-dealkylation sites (N-methyl/N-ethyl adjacent to an activating group) is 1. The zero-order valence-corrected chi connectivity index (χ0v) is 23.6. The van der Waals surface area contributed by atoms with Gasteiger partial charge in [-0.3, -0.25) is 19.4 Å². The number of rotatable bonds is 10. The third kappa shape index (κ3) is 6.55. The fourth-order valence-electron chi connectivity index (χ4n) is 4.63. The number of halogens is 1. The second-order valence-corrected chi connectivity index (χ2v) is 10.1. The van der Waals surface area contributed by atoms with Crippen molar-refractivity contribution in [2.45, 2.75) is 19.4 Å². The molecule has 38 heavy (non-hydrogen) atoms. The van der Waals surface area contributed by atoms with Gasteiger partial charge in [0.15, 0.2) is 5.11 Å². The maximum atomic E-state index is 13.7. The molecule has 2 aromatic carbocycles. The Kier molecular flexibility index (Phi) is 9.43. The van der Waals surface area contributed by atoms with Crippen molar-refractivity contribution < 1.29 is 19.1 Å². The lowest BCUT2D eigenvalue weighted by molar-refractivity contribution is -0.124. The molecule has 0 saturated carbocycles. The number of ether oxygens (including phenoxy) is 2. The summed E-state index contributed by atoms with van der Waals surface area (Å²) in [6, 6.07) is 11.5. The van der Waals surface area contributed by atoms with Crippen LogP contribution >= 0.6 is 23.8 Å². The lowest BCUT2D eigenvalue weighted by Gasteiger charge is -2.34. The summed E-state index contributed by atoms with van der Waals surface area (Å²) in [5.41, 5.74) is 1.18. The first-order chi connectivity index (χ1) is 18.3. The minimum Gasteiger partial charge on any atom is -0.495 e. The van der Waals surface area contributed by atoms with E-state index in [4.69, 9.17) is 33.3 Å². The Hall–Kier alpha value is -2.92. The number of carbonyl (C=O) groups excluding carboxylic acids is 2. The van der Waals surface area contributed by atoms with E-state index in [1.165, 1.54) is 12.0 Å². The summed E-state index contributed by atoms with van der Waals surface area (Å²) in [5.74, 6) is 0.711. The summed E-state index contributed by atoms with van der Waals surface area (Å²) in [6.45, 7) is 7.65. The van der Waals surface area contributed by atoms with E-state index in [1.54, 1.807) is 42.5 Å². The first-order valence-electron chi connectivity index (χ1n) is 12.7. The molecule has 0 radical (unpaired) electrons. The van der Waals surface area contributed by atoms with E-state index in [2.05, 4.69) is 22.2 Å². The third-order valence-corrected chi connectivity index (χ3v) is 7.51. The van der Waals surface area contributed by atoms with Gasteiger partial charge >= 0.3 is 0 Å². The maximum absolute atomic E-state index is 13.7. The van der Waals surface area contributed by atoms with Gasteiger partial charge in [-0.05, 0) is 68.7 Å². The van der Waals surface area contributed by atoms with Crippen LogP contribution in [0.25, 0.3) is 0 Å². The topological polar surface area (TPSA) is 77.6 Å². The summed E-state index contributed by atoms with van der Waals surface area (Å²) in [7, 11) is 3.65. The number of piperazine rings is 1. The Morgan fingerprint density at radius 3 is 2.45 bits per heavy atom. The number of nitrogens with zero attached hydrogens (tertiary/aromatic N) is 4. The van der Waals surface area contributed by atoms with Gasteiger partial charge in [0.25, 0.3) is 5.91 Å². The normalized spacial score (nSPS) is 18.7. The molecule has 9 nitrogen and oxygen atoms in total. The van der Waals surface area contributed by atoms with E-state index in [0.717, 1.165) is 38.5 Å². The largest absolute Gasteiger partial charge is 0.495 e. The molecule has 2 fully saturated rings. The van der Waals surface area contributed by atoms with Crippen LogP contribution in [-0.2, 0) is 9.59 Å². The number of nitrogens with one attached hydrogen (secondary N) is 1. The summed E-state index contributed by atoms with van der Waals surface area (Å²) in [6.07, 6.45) is -0.0324. The Morgan fingerprint density at radius 2 is 1.82 bits per heavy atom. The van der Waals surface area contributed by atoms with Crippen LogP contribution in [0.1, 0.15) is 13.3 Å². The highest BCUT2D eigenvalue weighted by Gasteiger charge is 2.44. The van der Waals surface area contributed by atoms with Crippen molar-refractivity contribution in [2.24, 2.45) is 0 Å². The van der Waals surface area contributed by atoms with Gasteiger partial charge < -0.3 is 24.6 Å². The zero-order valence-electron chi connectivity index (χ0n) is 22.0. The van der Waals surface area contributed by atoms with E-state index >= 15 is 0 Å². The van der Waals surface area contributed by atoms with Crippen LogP contribution in [0, 0.1) is 0 Å². The van der Waals surface area contributed by atoms with Crippen molar-refractivity contribution in [1.82, 2.24) is 14.7 Å². The van der Waals surface area contributed by atoms with Gasteiger partial charge in [0.1, 0.15) is 17.5 Å². The second kappa shape index (κ2) is 12.8. The molecular formula is C27H34ClN5O4S. The van der Waals surface area contributed by atoms with Crippen LogP contribution in [0.2, 0.25) is 5.02 Å². The van der Waals surface area contributed by atoms with Crippen molar-refractivity contribution in [3.63, 3.8) is 0 Å². The molecule has 1 unspecified atom stereocenters. The molecule has 1 N–H and O–H groups in total. The molecule has 0 spiro atoms. The van der Waals surface area contributed by atoms with E-state index in [-0.39, 0.29) is 18.2 Å². The van der Waals surface area contributed by atoms with Crippen LogP contribution in [0.3, 0.4) is 0 Å². The number of hydrogen-bond acceptors (Lipinski definition) is 7. The van der Waals surface area contributed by atoms with E-state index in [1.807, 2.05) is 11.8 Å². The number of amides is 2. The predicted molar refractivity (Wildman–Crippen MR) is 153 cm³/mol. The van der Waals surface area contributed by atoms with Crippen molar-refractivity contribution >= 4 is 52.1 Å². The van der Waals surface area contributed by atoms with Gasteiger partial charge in [0, 0.05) is 45.0 Å². The molecule has 11 heteroatoms. The minimum absolute atomic E-state index is 0.0324. The maximum Gasteiger partial charge on any atom is 0.256 e. The summed E-state index contributed by atoms with van der Waals surface area (Å²) >= 11 is 12.1. The molecule has 4 rings (SSSR count). The number of carbonyl (C=O) groups is 2. The monoisotopic (exact) mass is 559 g/mol. The molecule has 2 heterocycles. The number of thiocarbonyl (C=S) groups is 1. The second-order valence-electron chi connectivity index (χ2n) is 9.34. The molecular weight excluding hydrogens is 526 g/mol. The number of hydrogen-bond donors (Lipinski definition) is 1. The Labute approximate surface area is 234 Å². The SMILES string of the molecule is CCOc1ccc(NC(=O)CC2C(=O)N(c3ccc(OC)c(Cl)c3)C(=S)N2CCN2CCN(C)CC2)cc1. The molecule has 2 aromatic rings. The molecule has 0 bridgehead atoms. The van der Waals surface area contributed by atoms with Crippen molar-refractivity contribution in [3.8, 4) is 11.5 Å². The highest BCUT2D eigenvalue weighted by atomic mass is 35.5. The van der Waals surface area contributed by atoms with Gasteiger partial charge in [0.05, 0.1) is 30.8 Å². The van der Waals surface area contributed by atoms with Crippen molar-refractivity contribution in [2.75, 3.05) is 70.2 Å². The molecule has 2 saturated heterocycles. The highest BCUT2D eigenvalue weighted by Crippen LogP contribution is 2.33. The van der Waals surface area contributed by atoms with Gasteiger partial charge in [0.2, 0.25) is 5.91 Å². The zero-order chi connectivity index (χ0) is 27.2. The Morgan fingerprint density at radius 1 is 1.11 bits per heavy atom. The van der Waals surface area contributed by atoms with E-state index < -0.39 is 6.04 Å². The fourth-order valence-corrected chi connectivity index (χ4v) is 5.29. The van der Waals surface area contributed by atoms with Crippen LogP contribution in [0.4, 0.5) is 11.4 Å². The number of anilines is 2. The Balaban J connectivity index is 1.51. The van der Waals surface area contributed by atoms with Crippen LogP contribution < -0.4 is 19.7 Å². The van der Waals surface area contributed by atoms with Crippen LogP contribution in [0.5, 0.6) is 11.5 Å². The average molecular weight is 560 g/mol. The van der Waals surface area contributed by atoms with Crippen LogP contribution in [-0.4, -0.2) is 97.7 Å². The van der Waals surface area contributed by atoms with Gasteiger partial charge in [-0.25, -0.2) is 0 Å². The average Bonchev–Trinajstić information content (AvgIpc) is 3.13. The van der Waals surface area contributed by atoms with E-state index in [0.29, 0.717) is 40.4 Å². The van der Waals surface area contributed by atoms with Gasteiger partial charge in [-0.15, -0.1) is 0 Å².